The molecule has 3 nitrogen and oxygen atoms in total. The maximum Gasteiger partial charge on any atom is 0.125 e. The molecule has 0 aliphatic heterocycles. The van der Waals surface area contributed by atoms with Crippen LogP contribution in [0.25, 0.3) is 10.8 Å². The molecule has 92 valence electrons. The number of benzene rings is 2. The number of ether oxygens (including phenoxy) is 1. The van der Waals surface area contributed by atoms with Crippen molar-refractivity contribution in [3.8, 4) is 11.8 Å². The summed E-state index contributed by atoms with van der Waals surface area (Å²) in [7, 11) is 1.57. The molecule has 0 saturated heterocycles. The lowest BCUT2D eigenvalue weighted by Gasteiger charge is -2.18. The van der Waals surface area contributed by atoms with Gasteiger partial charge in [0.25, 0.3) is 0 Å². The zero-order chi connectivity index (χ0) is 13.1. The van der Waals surface area contributed by atoms with Crippen LogP contribution in [0.5, 0.6) is 5.75 Å². The summed E-state index contributed by atoms with van der Waals surface area (Å²) in [6.45, 7) is 1.70. The summed E-state index contributed by atoms with van der Waals surface area (Å²) >= 11 is 0. The second kappa shape index (κ2) is 5.07. The minimum absolute atomic E-state index is 0.482. The highest BCUT2D eigenvalue weighted by Gasteiger charge is 2.22. The van der Waals surface area contributed by atoms with Crippen molar-refractivity contribution in [3.05, 3.63) is 42.0 Å². The first-order valence-electron chi connectivity index (χ1n) is 5.82. The minimum Gasteiger partial charge on any atom is -0.496 e. The fourth-order valence-corrected chi connectivity index (χ4v) is 2.08. The van der Waals surface area contributed by atoms with Gasteiger partial charge in [-0.25, -0.2) is 0 Å². The van der Waals surface area contributed by atoms with Gasteiger partial charge in [0.05, 0.1) is 25.2 Å². The molecule has 0 spiro atoms. The van der Waals surface area contributed by atoms with E-state index in [-0.39, 0.29) is 0 Å². The molecule has 0 amide bonds. The molecular formula is C15H15NO2. The molecule has 18 heavy (non-hydrogen) atoms. The first-order chi connectivity index (χ1) is 8.69. The number of aliphatic hydroxyl groups excluding tert-OH is 1. The second-order valence-corrected chi connectivity index (χ2v) is 4.27. The van der Waals surface area contributed by atoms with Gasteiger partial charge in [-0.2, -0.15) is 5.26 Å². The molecule has 0 radical (unpaired) electrons. The van der Waals surface area contributed by atoms with Crippen LogP contribution >= 0.6 is 0 Å². The number of nitriles is 1. The van der Waals surface area contributed by atoms with Gasteiger partial charge in [0.1, 0.15) is 5.75 Å². The molecule has 2 unspecified atom stereocenters. The van der Waals surface area contributed by atoms with E-state index in [0.717, 1.165) is 10.8 Å². The molecule has 0 aliphatic rings. The van der Waals surface area contributed by atoms with Crippen molar-refractivity contribution in [1.29, 1.82) is 5.26 Å². The lowest BCUT2D eigenvalue weighted by atomic mass is 9.93. The molecule has 0 saturated carbocycles. The molecule has 0 aliphatic carbocycles. The Morgan fingerprint density at radius 2 is 1.94 bits per heavy atom. The minimum atomic E-state index is -0.851. The maximum atomic E-state index is 10.3. The number of rotatable bonds is 3. The van der Waals surface area contributed by atoms with Crippen LogP contribution in [-0.4, -0.2) is 12.2 Å². The smallest absolute Gasteiger partial charge is 0.125 e. The molecule has 3 heteroatoms. The van der Waals surface area contributed by atoms with E-state index in [9.17, 15) is 5.11 Å². The number of methoxy groups -OCH3 is 1. The van der Waals surface area contributed by atoms with Crippen molar-refractivity contribution in [3.63, 3.8) is 0 Å². The summed E-state index contributed by atoms with van der Waals surface area (Å²) in [5.41, 5.74) is 0.685. The van der Waals surface area contributed by atoms with Crippen LogP contribution in [0.3, 0.4) is 0 Å². The molecule has 1 N–H and O–H groups in total. The maximum absolute atomic E-state index is 10.3. The van der Waals surface area contributed by atoms with Gasteiger partial charge >= 0.3 is 0 Å². The highest BCUT2D eigenvalue weighted by molar-refractivity contribution is 5.88. The average Bonchev–Trinajstić information content (AvgIpc) is 2.44. The van der Waals surface area contributed by atoms with E-state index in [0.29, 0.717) is 11.3 Å². The zero-order valence-electron chi connectivity index (χ0n) is 10.4. The van der Waals surface area contributed by atoms with Crippen molar-refractivity contribution >= 4 is 10.8 Å². The fourth-order valence-electron chi connectivity index (χ4n) is 2.08. The van der Waals surface area contributed by atoms with Crippen LogP contribution in [0.4, 0.5) is 0 Å². The first kappa shape index (κ1) is 12.4. The van der Waals surface area contributed by atoms with Crippen LogP contribution in [0.2, 0.25) is 0 Å². The Balaban J connectivity index is 2.69. The van der Waals surface area contributed by atoms with E-state index in [2.05, 4.69) is 6.07 Å². The number of nitrogens with zero attached hydrogens (tertiary/aromatic N) is 1. The third kappa shape index (κ3) is 2.03. The summed E-state index contributed by atoms with van der Waals surface area (Å²) in [6, 6.07) is 13.6. The van der Waals surface area contributed by atoms with Gasteiger partial charge in [0.15, 0.2) is 0 Å². The van der Waals surface area contributed by atoms with Crippen LogP contribution in [0, 0.1) is 17.2 Å². The SMILES string of the molecule is COc1ccc2ccccc2c1C(O)C(C)C#N. The Hall–Kier alpha value is -2.05. The molecule has 0 fully saturated rings. The van der Waals surface area contributed by atoms with E-state index in [1.807, 2.05) is 36.4 Å². The molecular weight excluding hydrogens is 226 g/mol. The van der Waals surface area contributed by atoms with Crippen LogP contribution in [0.1, 0.15) is 18.6 Å². The summed E-state index contributed by atoms with van der Waals surface area (Å²) in [5.74, 6) is 0.132. The lowest BCUT2D eigenvalue weighted by Crippen LogP contribution is -2.09. The van der Waals surface area contributed by atoms with Gasteiger partial charge < -0.3 is 9.84 Å². The predicted molar refractivity (Wildman–Crippen MR) is 70.2 cm³/mol. The van der Waals surface area contributed by atoms with Crippen LogP contribution in [-0.2, 0) is 0 Å². The molecule has 0 aromatic heterocycles. The topological polar surface area (TPSA) is 53.2 Å². The van der Waals surface area contributed by atoms with E-state index < -0.39 is 12.0 Å². The first-order valence-corrected chi connectivity index (χ1v) is 5.82. The van der Waals surface area contributed by atoms with Crippen molar-refractivity contribution in [2.45, 2.75) is 13.0 Å². The second-order valence-electron chi connectivity index (χ2n) is 4.27. The van der Waals surface area contributed by atoms with E-state index in [1.54, 1.807) is 14.0 Å². The summed E-state index contributed by atoms with van der Waals surface area (Å²) in [5, 5.41) is 21.2. The number of aliphatic hydroxyl groups is 1. The van der Waals surface area contributed by atoms with Gasteiger partial charge in [-0.1, -0.05) is 30.3 Å². The molecule has 2 aromatic rings. The van der Waals surface area contributed by atoms with Crippen LogP contribution < -0.4 is 4.74 Å². The Morgan fingerprint density at radius 1 is 1.22 bits per heavy atom. The van der Waals surface area contributed by atoms with Crippen molar-refractivity contribution < 1.29 is 9.84 Å². The van der Waals surface area contributed by atoms with E-state index in [4.69, 9.17) is 10.00 Å². The van der Waals surface area contributed by atoms with Crippen LogP contribution in [0.15, 0.2) is 36.4 Å². The van der Waals surface area contributed by atoms with Gasteiger partial charge in [0, 0.05) is 5.56 Å². The Labute approximate surface area is 106 Å². The zero-order valence-corrected chi connectivity index (χ0v) is 10.4. The third-order valence-corrected chi connectivity index (χ3v) is 3.12. The monoisotopic (exact) mass is 241 g/mol. The normalized spacial score (nSPS) is 13.9. The van der Waals surface area contributed by atoms with E-state index >= 15 is 0 Å². The van der Waals surface area contributed by atoms with Crippen molar-refractivity contribution in [2.24, 2.45) is 5.92 Å². The Morgan fingerprint density at radius 3 is 2.61 bits per heavy atom. The lowest BCUT2D eigenvalue weighted by molar-refractivity contribution is 0.141. The van der Waals surface area contributed by atoms with Gasteiger partial charge in [-0.3, -0.25) is 0 Å². The number of fused-ring (bicyclic) bond motifs is 1. The van der Waals surface area contributed by atoms with Gasteiger partial charge in [0.2, 0.25) is 0 Å². The largest absolute Gasteiger partial charge is 0.496 e. The highest BCUT2D eigenvalue weighted by atomic mass is 16.5. The molecule has 2 aromatic carbocycles. The number of hydrogen-bond acceptors (Lipinski definition) is 3. The third-order valence-electron chi connectivity index (χ3n) is 3.12. The Kier molecular flexibility index (Phi) is 3.50. The highest BCUT2D eigenvalue weighted by Crippen LogP contribution is 2.36. The summed E-state index contributed by atoms with van der Waals surface area (Å²) < 4.78 is 5.30. The molecule has 2 rings (SSSR count). The predicted octanol–water partition coefficient (Wildman–Crippen LogP) is 3.04. The summed E-state index contributed by atoms with van der Waals surface area (Å²) in [4.78, 5) is 0. The van der Waals surface area contributed by atoms with Gasteiger partial charge in [-0.05, 0) is 23.8 Å². The molecule has 0 bridgehead atoms. The molecule has 0 heterocycles. The number of hydrogen-bond donors (Lipinski definition) is 1. The summed E-state index contributed by atoms with van der Waals surface area (Å²) in [6.07, 6.45) is -0.851. The standard InChI is InChI=1S/C15H15NO2/c1-10(9-16)15(17)14-12-6-4-3-5-11(12)7-8-13(14)18-2/h3-8,10,15,17H,1-2H3. The Bertz CT molecular complexity index is 601. The quantitative estimate of drug-likeness (QED) is 0.898. The fraction of sp³-hybridized carbons (Fsp3) is 0.267. The van der Waals surface area contributed by atoms with Crippen molar-refractivity contribution in [1.82, 2.24) is 0 Å². The van der Waals surface area contributed by atoms with Gasteiger partial charge in [-0.15, -0.1) is 0 Å². The van der Waals surface area contributed by atoms with E-state index in [1.165, 1.54) is 0 Å². The average molecular weight is 241 g/mol. The van der Waals surface area contributed by atoms with Crippen molar-refractivity contribution in [2.75, 3.05) is 7.11 Å². The molecule has 2 atom stereocenters.